The van der Waals surface area contributed by atoms with Gasteiger partial charge in [-0.3, -0.25) is 4.79 Å². The minimum Gasteiger partial charge on any atom is -0.497 e. The largest absolute Gasteiger partial charge is 0.497 e. The van der Waals surface area contributed by atoms with Gasteiger partial charge in [0.05, 0.1) is 22.9 Å². The fourth-order valence-corrected chi connectivity index (χ4v) is 3.71. The lowest BCUT2D eigenvalue weighted by Crippen LogP contribution is -2.22. The number of ether oxygens (including phenoxy) is 1. The summed E-state index contributed by atoms with van der Waals surface area (Å²) in [6.07, 6.45) is 1.76. The molecular formula is C17H16N2O4S. The predicted octanol–water partition coefficient (Wildman–Crippen LogP) is 2.95. The number of aromatic nitrogens is 1. The van der Waals surface area contributed by atoms with Crippen LogP contribution in [0.2, 0.25) is 0 Å². The lowest BCUT2D eigenvalue weighted by atomic mass is 10.1. The highest BCUT2D eigenvalue weighted by atomic mass is 32.2. The number of aryl methyl sites for hydroxylation is 1. The van der Waals surface area contributed by atoms with Crippen LogP contribution in [0.15, 0.2) is 45.3 Å². The molecular weight excluding hydrogens is 328 g/mol. The van der Waals surface area contributed by atoms with Gasteiger partial charge in [0.15, 0.2) is 0 Å². The van der Waals surface area contributed by atoms with Gasteiger partial charge in [0.25, 0.3) is 0 Å². The molecule has 0 bridgehead atoms. The van der Waals surface area contributed by atoms with E-state index >= 15 is 0 Å². The van der Waals surface area contributed by atoms with Crippen molar-refractivity contribution in [1.82, 2.24) is 4.57 Å². The lowest BCUT2D eigenvalue weighted by molar-refractivity contribution is 0.0694. The Morgan fingerprint density at radius 2 is 2.08 bits per heavy atom. The first-order valence-electron chi connectivity index (χ1n) is 7.42. The lowest BCUT2D eigenvalue weighted by Gasteiger charge is -2.09. The molecule has 2 heterocycles. The third-order valence-electron chi connectivity index (χ3n) is 3.76. The first-order chi connectivity index (χ1) is 11.5. The number of carboxylic acid groups (broad SMARTS) is 1. The van der Waals surface area contributed by atoms with Crippen molar-refractivity contribution < 1.29 is 14.6 Å². The number of pyridine rings is 1. The molecule has 0 unspecified atom stereocenters. The zero-order valence-corrected chi connectivity index (χ0v) is 14.1. The SMILES string of the molecule is CCn1cc(C(=O)O)c(=O)c2c1S/C(=N/c1ccc(OC)cc1)C2. The maximum Gasteiger partial charge on any atom is 0.341 e. The summed E-state index contributed by atoms with van der Waals surface area (Å²) in [5.74, 6) is -0.450. The fourth-order valence-electron chi connectivity index (χ4n) is 2.53. The van der Waals surface area contributed by atoms with E-state index in [1.807, 2.05) is 31.2 Å². The molecule has 0 radical (unpaired) electrons. The summed E-state index contributed by atoms with van der Waals surface area (Å²) in [6.45, 7) is 2.50. The van der Waals surface area contributed by atoms with E-state index in [4.69, 9.17) is 4.74 Å². The van der Waals surface area contributed by atoms with Gasteiger partial charge >= 0.3 is 5.97 Å². The molecule has 0 aliphatic carbocycles. The van der Waals surface area contributed by atoms with Crippen molar-refractivity contribution in [3.63, 3.8) is 0 Å². The van der Waals surface area contributed by atoms with Crippen LogP contribution in [0.1, 0.15) is 22.8 Å². The minimum absolute atomic E-state index is 0.193. The maximum absolute atomic E-state index is 12.4. The molecule has 0 fully saturated rings. The maximum atomic E-state index is 12.4. The van der Waals surface area contributed by atoms with E-state index in [0.29, 0.717) is 18.5 Å². The molecule has 6 nitrogen and oxygen atoms in total. The normalized spacial score (nSPS) is 14.7. The molecule has 0 amide bonds. The Kier molecular flexibility index (Phi) is 4.44. The number of fused-ring (bicyclic) bond motifs is 1. The summed E-state index contributed by atoms with van der Waals surface area (Å²) in [6, 6.07) is 7.31. The molecule has 1 aliphatic rings. The number of benzene rings is 1. The standard InChI is InChI=1S/C17H16N2O4S/c1-3-19-9-13(17(21)22)15(20)12-8-14(24-16(12)19)18-10-4-6-11(23-2)7-5-10/h4-7,9H,3,8H2,1-2H3,(H,21,22)/b18-14+. The van der Waals surface area contributed by atoms with Crippen molar-refractivity contribution in [1.29, 1.82) is 0 Å². The molecule has 0 saturated carbocycles. The number of carboxylic acids is 1. The number of carbonyl (C=O) groups is 1. The van der Waals surface area contributed by atoms with Crippen LogP contribution in [-0.4, -0.2) is 27.8 Å². The quantitative estimate of drug-likeness (QED) is 0.922. The molecule has 1 N–H and O–H groups in total. The average Bonchev–Trinajstić information content (AvgIpc) is 3.00. The first kappa shape index (κ1) is 16.3. The van der Waals surface area contributed by atoms with Gasteiger partial charge in [0.1, 0.15) is 11.3 Å². The highest BCUT2D eigenvalue weighted by Gasteiger charge is 2.27. The van der Waals surface area contributed by atoms with Crippen LogP contribution in [0, 0.1) is 0 Å². The number of hydrogen-bond donors (Lipinski definition) is 1. The van der Waals surface area contributed by atoms with E-state index in [1.165, 1.54) is 18.0 Å². The Labute approximate surface area is 142 Å². The number of hydrogen-bond acceptors (Lipinski definition) is 5. The highest BCUT2D eigenvalue weighted by Crippen LogP contribution is 2.33. The Morgan fingerprint density at radius 3 is 2.67 bits per heavy atom. The summed E-state index contributed by atoms with van der Waals surface area (Å²) >= 11 is 1.42. The predicted molar refractivity (Wildman–Crippen MR) is 93.0 cm³/mol. The van der Waals surface area contributed by atoms with Gasteiger partial charge in [-0.1, -0.05) is 11.8 Å². The topological polar surface area (TPSA) is 80.9 Å². The van der Waals surface area contributed by atoms with E-state index in [-0.39, 0.29) is 5.56 Å². The molecule has 7 heteroatoms. The summed E-state index contributed by atoms with van der Waals surface area (Å²) in [5, 5.41) is 10.8. The van der Waals surface area contributed by atoms with Gasteiger partial charge in [0, 0.05) is 24.7 Å². The van der Waals surface area contributed by atoms with Gasteiger partial charge in [-0.05, 0) is 31.2 Å². The summed E-state index contributed by atoms with van der Waals surface area (Å²) in [7, 11) is 1.60. The number of rotatable bonds is 4. The van der Waals surface area contributed by atoms with Crippen LogP contribution < -0.4 is 10.2 Å². The Bertz CT molecular complexity index is 885. The second kappa shape index (κ2) is 6.52. The first-order valence-corrected chi connectivity index (χ1v) is 8.24. The third kappa shape index (κ3) is 2.94. The Hall–Kier alpha value is -2.54. The third-order valence-corrected chi connectivity index (χ3v) is 4.91. The van der Waals surface area contributed by atoms with Crippen molar-refractivity contribution in [2.45, 2.75) is 24.9 Å². The van der Waals surface area contributed by atoms with Crippen LogP contribution in [0.5, 0.6) is 5.75 Å². The van der Waals surface area contributed by atoms with Crippen molar-refractivity contribution >= 4 is 28.5 Å². The van der Waals surface area contributed by atoms with Gasteiger partial charge in [0.2, 0.25) is 5.43 Å². The second-order valence-electron chi connectivity index (χ2n) is 5.23. The van der Waals surface area contributed by atoms with Crippen molar-refractivity contribution in [2.24, 2.45) is 4.99 Å². The molecule has 1 aromatic carbocycles. The number of aromatic carboxylic acids is 1. The number of nitrogens with zero attached hydrogens (tertiary/aromatic N) is 2. The van der Waals surface area contributed by atoms with E-state index < -0.39 is 11.4 Å². The Morgan fingerprint density at radius 1 is 1.38 bits per heavy atom. The van der Waals surface area contributed by atoms with Gasteiger partial charge in [-0.15, -0.1) is 0 Å². The number of aliphatic imine (C=N–C) groups is 1. The summed E-state index contributed by atoms with van der Waals surface area (Å²) in [5.41, 5.74) is 0.658. The van der Waals surface area contributed by atoms with Crippen LogP contribution in [0.3, 0.4) is 0 Å². The molecule has 1 aromatic heterocycles. The molecule has 24 heavy (non-hydrogen) atoms. The van der Waals surface area contributed by atoms with E-state index in [1.54, 1.807) is 11.7 Å². The number of thioether (sulfide) groups is 1. The van der Waals surface area contributed by atoms with Crippen molar-refractivity contribution in [2.75, 3.05) is 7.11 Å². The smallest absolute Gasteiger partial charge is 0.341 e. The molecule has 2 aromatic rings. The summed E-state index contributed by atoms with van der Waals surface area (Å²) in [4.78, 5) is 28.2. The molecule has 0 spiro atoms. The van der Waals surface area contributed by atoms with E-state index in [2.05, 4.69) is 4.99 Å². The van der Waals surface area contributed by atoms with Gasteiger partial charge < -0.3 is 14.4 Å². The van der Waals surface area contributed by atoms with Crippen LogP contribution >= 0.6 is 11.8 Å². The van der Waals surface area contributed by atoms with Crippen molar-refractivity contribution in [3.05, 3.63) is 51.8 Å². The molecule has 3 rings (SSSR count). The second-order valence-corrected chi connectivity index (χ2v) is 6.29. The monoisotopic (exact) mass is 344 g/mol. The van der Waals surface area contributed by atoms with Gasteiger partial charge in [-0.2, -0.15) is 0 Å². The highest BCUT2D eigenvalue weighted by molar-refractivity contribution is 8.14. The van der Waals surface area contributed by atoms with Gasteiger partial charge in [-0.25, -0.2) is 9.79 Å². The molecule has 1 aliphatic heterocycles. The Balaban J connectivity index is 1.99. The number of methoxy groups -OCH3 is 1. The molecule has 124 valence electrons. The molecule has 0 atom stereocenters. The van der Waals surface area contributed by atoms with Crippen LogP contribution in [0.4, 0.5) is 5.69 Å². The van der Waals surface area contributed by atoms with E-state index in [0.717, 1.165) is 21.5 Å². The minimum atomic E-state index is -1.20. The van der Waals surface area contributed by atoms with Crippen LogP contribution in [0.25, 0.3) is 0 Å². The van der Waals surface area contributed by atoms with E-state index in [9.17, 15) is 14.7 Å². The summed E-state index contributed by atoms with van der Waals surface area (Å²) < 4.78 is 6.91. The zero-order chi connectivity index (χ0) is 17.3. The van der Waals surface area contributed by atoms with Crippen molar-refractivity contribution in [3.8, 4) is 5.75 Å². The van der Waals surface area contributed by atoms with Crippen LogP contribution in [-0.2, 0) is 13.0 Å². The molecule has 0 saturated heterocycles. The fraction of sp³-hybridized carbons (Fsp3) is 0.235. The zero-order valence-electron chi connectivity index (χ0n) is 13.3. The average molecular weight is 344 g/mol.